The van der Waals surface area contributed by atoms with Crippen molar-refractivity contribution in [2.75, 3.05) is 11.9 Å². The molecule has 0 bridgehead atoms. The Morgan fingerprint density at radius 2 is 1.71 bits per heavy atom. The zero-order valence-corrected chi connectivity index (χ0v) is 21.6. The van der Waals surface area contributed by atoms with E-state index in [9.17, 15) is 22.8 Å². The average Bonchev–Trinajstić information content (AvgIpc) is 3.48. The van der Waals surface area contributed by atoms with Gasteiger partial charge in [0.2, 0.25) is 5.91 Å². The quantitative estimate of drug-likeness (QED) is 0.449. The summed E-state index contributed by atoms with van der Waals surface area (Å²) >= 11 is 0. The lowest BCUT2D eigenvalue weighted by molar-refractivity contribution is -0.192. The molecular formula is C25H34F3N5O5. The standard InChI is InChI=1S/C23H33N5O3.C2HF3O2/c1-23(2,3)31-22(30)28-12-4-5-20(28)21(29)26-17-8-6-16(7-9-17)25-18-10-11-19-15(13-18)14-24-27-19;3-2(4,5)1(6)7/h10-11,13-14,16-17,20,25H,4-9,12H2,1-3H3,(H,24,27)(H,26,29);(H,6,7)/t16?,17?,20-;/m0./s1. The summed E-state index contributed by atoms with van der Waals surface area (Å²) in [7, 11) is 0. The number of fused-ring (bicyclic) bond motifs is 1. The van der Waals surface area contributed by atoms with Crippen LogP contribution in [0, 0.1) is 0 Å². The number of alkyl halides is 3. The normalized spacial score (nSPS) is 21.8. The topological polar surface area (TPSA) is 137 Å². The molecule has 2 fully saturated rings. The summed E-state index contributed by atoms with van der Waals surface area (Å²) in [5, 5.41) is 22.1. The second-order valence-electron chi connectivity index (χ2n) is 10.5. The Morgan fingerprint density at radius 1 is 1.08 bits per heavy atom. The number of nitrogens with one attached hydrogen (secondary N) is 3. The van der Waals surface area contributed by atoms with Gasteiger partial charge in [-0.15, -0.1) is 0 Å². The molecule has 2 aromatic rings. The van der Waals surface area contributed by atoms with Gasteiger partial charge in [0.15, 0.2) is 0 Å². The Balaban J connectivity index is 0.000000505. The van der Waals surface area contributed by atoms with E-state index < -0.39 is 29.9 Å². The van der Waals surface area contributed by atoms with Gasteiger partial charge in [0, 0.05) is 29.7 Å². The number of anilines is 1. The maximum absolute atomic E-state index is 12.9. The largest absolute Gasteiger partial charge is 0.490 e. The van der Waals surface area contributed by atoms with Crippen LogP contribution in [0.5, 0.6) is 0 Å². The van der Waals surface area contributed by atoms with Crippen molar-refractivity contribution in [1.82, 2.24) is 20.4 Å². The molecule has 1 atom stereocenters. The first kappa shape index (κ1) is 29.1. The molecular weight excluding hydrogens is 507 g/mol. The van der Waals surface area contributed by atoms with Crippen LogP contribution >= 0.6 is 0 Å². The number of carboxylic acids is 1. The molecule has 2 heterocycles. The van der Waals surface area contributed by atoms with Gasteiger partial charge in [-0.2, -0.15) is 18.3 Å². The Labute approximate surface area is 218 Å². The van der Waals surface area contributed by atoms with Gasteiger partial charge in [0.05, 0.1) is 11.7 Å². The number of benzene rings is 1. The van der Waals surface area contributed by atoms with E-state index in [4.69, 9.17) is 14.6 Å². The molecule has 1 saturated carbocycles. The number of aromatic amines is 1. The molecule has 0 spiro atoms. The molecule has 13 heteroatoms. The van der Waals surface area contributed by atoms with E-state index in [0.717, 1.165) is 48.7 Å². The fourth-order valence-corrected chi connectivity index (χ4v) is 4.53. The smallest absolute Gasteiger partial charge is 0.475 e. The fourth-order valence-electron chi connectivity index (χ4n) is 4.53. The third-order valence-electron chi connectivity index (χ3n) is 6.31. The molecule has 1 aromatic heterocycles. The van der Waals surface area contributed by atoms with Crippen molar-refractivity contribution in [3.63, 3.8) is 0 Å². The number of carboxylic acid groups (broad SMARTS) is 1. The van der Waals surface area contributed by atoms with Crippen LogP contribution in [-0.4, -0.2) is 74.6 Å². The van der Waals surface area contributed by atoms with Crippen LogP contribution in [-0.2, 0) is 14.3 Å². The van der Waals surface area contributed by atoms with E-state index in [1.807, 2.05) is 33.0 Å². The minimum atomic E-state index is -5.08. The summed E-state index contributed by atoms with van der Waals surface area (Å²) in [6.45, 7) is 6.10. The molecule has 210 valence electrons. The van der Waals surface area contributed by atoms with Gasteiger partial charge in [-0.3, -0.25) is 14.8 Å². The number of aromatic nitrogens is 2. The van der Waals surface area contributed by atoms with Gasteiger partial charge in [-0.1, -0.05) is 0 Å². The molecule has 10 nitrogen and oxygen atoms in total. The maximum Gasteiger partial charge on any atom is 0.490 e. The Morgan fingerprint density at radius 3 is 2.32 bits per heavy atom. The molecule has 4 rings (SSSR count). The molecule has 38 heavy (non-hydrogen) atoms. The number of amides is 2. The first-order chi connectivity index (χ1) is 17.7. The number of aliphatic carboxylic acids is 1. The van der Waals surface area contributed by atoms with E-state index in [0.29, 0.717) is 19.0 Å². The third kappa shape index (κ3) is 8.25. The first-order valence-corrected chi connectivity index (χ1v) is 12.5. The minimum absolute atomic E-state index is 0.0508. The summed E-state index contributed by atoms with van der Waals surface area (Å²) < 4.78 is 37.2. The molecule has 1 aliphatic heterocycles. The van der Waals surface area contributed by atoms with Crippen LogP contribution in [0.1, 0.15) is 59.3 Å². The zero-order chi connectivity index (χ0) is 28.1. The number of hydrogen-bond acceptors (Lipinski definition) is 6. The highest BCUT2D eigenvalue weighted by Crippen LogP contribution is 2.26. The fraction of sp³-hybridized carbons (Fsp3) is 0.600. The summed E-state index contributed by atoms with van der Waals surface area (Å²) in [5.74, 6) is -2.81. The van der Waals surface area contributed by atoms with Gasteiger partial charge in [-0.25, -0.2) is 9.59 Å². The van der Waals surface area contributed by atoms with E-state index in [1.165, 1.54) is 0 Å². The molecule has 4 N–H and O–H groups in total. The van der Waals surface area contributed by atoms with Crippen molar-refractivity contribution in [1.29, 1.82) is 0 Å². The van der Waals surface area contributed by atoms with Gasteiger partial charge in [-0.05, 0) is 77.5 Å². The van der Waals surface area contributed by atoms with Gasteiger partial charge >= 0.3 is 18.2 Å². The van der Waals surface area contributed by atoms with Crippen molar-refractivity contribution in [3.8, 4) is 0 Å². The summed E-state index contributed by atoms with van der Waals surface area (Å²) in [6, 6.07) is 6.34. The highest BCUT2D eigenvalue weighted by atomic mass is 19.4. The van der Waals surface area contributed by atoms with E-state index in [1.54, 1.807) is 4.90 Å². The number of likely N-dealkylation sites (tertiary alicyclic amines) is 1. The minimum Gasteiger partial charge on any atom is -0.475 e. The van der Waals surface area contributed by atoms with Crippen molar-refractivity contribution in [3.05, 3.63) is 24.4 Å². The highest BCUT2D eigenvalue weighted by molar-refractivity contribution is 5.86. The lowest BCUT2D eigenvalue weighted by atomic mass is 9.90. The second-order valence-corrected chi connectivity index (χ2v) is 10.5. The second kappa shape index (κ2) is 11.9. The predicted octanol–water partition coefficient (Wildman–Crippen LogP) is 4.44. The van der Waals surface area contributed by atoms with Crippen LogP contribution in [0.25, 0.3) is 10.9 Å². The van der Waals surface area contributed by atoms with Crippen LogP contribution in [0.15, 0.2) is 24.4 Å². The predicted molar refractivity (Wildman–Crippen MR) is 134 cm³/mol. The van der Waals surface area contributed by atoms with Crippen molar-refractivity contribution in [2.24, 2.45) is 0 Å². The molecule has 0 unspecified atom stereocenters. The van der Waals surface area contributed by atoms with Crippen LogP contribution in [0.2, 0.25) is 0 Å². The molecule has 1 aromatic carbocycles. The first-order valence-electron chi connectivity index (χ1n) is 12.5. The van der Waals surface area contributed by atoms with Gasteiger partial charge in [0.25, 0.3) is 0 Å². The lowest BCUT2D eigenvalue weighted by Gasteiger charge is -2.32. The lowest BCUT2D eigenvalue weighted by Crippen LogP contribution is -2.50. The summed E-state index contributed by atoms with van der Waals surface area (Å²) in [4.78, 5) is 35.8. The van der Waals surface area contributed by atoms with Crippen molar-refractivity contribution in [2.45, 2.75) is 89.2 Å². The van der Waals surface area contributed by atoms with E-state index in [2.05, 4.69) is 33.0 Å². The molecule has 2 amide bonds. The van der Waals surface area contributed by atoms with Crippen LogP contribution < -0.4 is 10.6 Å². The Hall–Kier alpha value is -3.51. The number of carbonyl (C=O) groups excluding carboxylic acids is 2. The molecule has 1 saturated heterocycles. The monoisotopic (exact) mass is 541 g/mol. The number of hydrogen-bond donors (Lipinski definition) is 4. The van der Waals surface area contributed by atoms with Crippen molar-refractivity contribution >= 4 is 34.6 Å². The Kier molecular flexibility index (Phi) is 9.10. The number of halogens is 3. The number of ether oxygens (including phenoxy) is 1. The number of H-pyrrole nitrogens is 1. The van der Waals surface area contributed by atoms with Crippen LogP contribution in [0.3, 0.4) is 0 Å². The number of carbonyl (C=O) groups is 3. The zero-order valence-electron chi connectivity index (χ0n) is 21.6. The third-order valence-corrected chi connectivity index (χ3v) is 6.31. The molecule has 0 radical (unpaired) electrons. The SMILES string of the molecule is CC(C)(C)OC(=O)N1CCC[C@H]1C(=O)NC1CCC(Nc2ccc3[nH]ncc3c2)CC1.O=C(O)C(F)(F)F. The molecule has 1 aliphatic carbocycles. The van der Waals surface area contributed by atoms with Gasteiger partial charge in [0.1, 0.15) is 11.6 Å². The Bertz CT molecular complexity index is 1120. The van der Waals surface area contributed by atoms with Gasteiger partial charge < -0.3 is 20.5 Å². The number of nitrogens with zero attached hydrogens (tertiary/aromatic N) is 2. The van der Waals surface area contributed by atoms with E-state index >= 15 is 0 Å². The van der Waals surface area contributed by atoms with Crippen LogP contribution in [0.4, 0.5) is 23.7 Å². The average molecular weight is 542 g/mol. The summed E-state index contributed by atoms with van der Waals surface area (Å²) in [6.07, 6.45) is 1.72. The number of rotatable bonds is 4. The highest BCUT2D eigenvalue weighted by Gasteiger charge is 2.39. The van der Waals surface area contributed by atoms with Crippen molar-refractivity contribution < 1.29 is 37.4 Å². The maximum atomic E-state index is 12.9. The van der Waals surface area contributed by atoms with E-state index in [-0.39, 0.29) is 11.9 Å². The summed E-state index contributed by atoms with van der Waals surface area (Å²) in [5.41, 5.74) is 1.57. The molecule has 2 aliphatic rings.